The third kappa shape index (κ3) is 6.19. The Kier molecular flexibility index (Phi) is 7.27. The topological polar surface area (TPSA) is 100 Å². The molecule has 1 amide bonds. The van der Waals surface area contributed by atoms with E-state index in [1.807, 2.05) is 30.3 Å². The summed E-state index contributed by atoms with van der Waals surface area (Å²) in [5.74, 6) is 1.45. The zero-order chi connectivity index (χ0) is 24.0. The van der Waals surface area contributed by atoms with E-state index in [9.17, 15) is 9.90 Å². The predicted octanol–water partition coefficient (Wildman–Crippen LogP) is 2.42. The molecule has 0 aliphatic carbocycles. The normalized spacial score (nSPS) is 17.2. The summed E-state index contributed by atoms with van der Waals surface area (Å²) in [4.78, 5) is 21.5. The van der Waals surface area contributed by atoms with Crippen LogP contribution in [0.25, 0.3) is 0 Å². The van der Waals surface area contributed by atoms with Gasteiger partial charge in [0.2, 0.25) is 5.89 Å². The Labute approximate surface area is 204 Å². The Bertz CT molecular complexity index is 1130. The second kappa shape index (κ2) is 10.9. The number of rotatable bonds is 8. The van der Waals surface area contributed by atoms with Crippen molar-refractivity contribution in [1.29, 1.82) is 0 Å². The number of ether oxygens (including phenoxy) is 2. The minimum absolute atomic E-state index is 0.234. The molecule has 2 aliphatic rings. The summed E-state index contributed by atoms with van der Waals surface area (Å²) in [6, 6.07) is 15.3. The van der Waals surface area contributed by atoms with Gasteiger partial charge in [-0.05, 0) is 24.1 Å². The number of oxazole rings is 1. The molecule has 35 heavy (non-hydrogen) atoms. The summed E-state index contributed by atoms with van der Waals surface area (Å²) in [6.07, 6.45) is 1.67. The highest BCUT2D eigenvalue weighted by molar-refractivity contribution is 6.02. The molecular formula is C26H30N4O5. The van der Waals surface area contributed by atoms with Crippen molar-refractivity contribution >= 4 is 11.6 Å². The van der Waals surface area contributed by atoms with Crippen LogP contribution in [0, 0.1) is 0 Å². The molecule has 2 N–H and O–H groups in total. The van der Waals surface area contributed by atoms with Gasteiger partial charge < -0.3 is 24.3 Å². The zero-order valence-corrected chi connectivity index (χ0v) is 19.6. The van der Waals surface area contributed by atoms with Crippen LogP contribution in [0.3, 0.4) is 0 Å². The van der Waals surface area contributed by atoms with E-state index in [1.54, 1.807) is 18.2 Å². The smallest absolute Gasteiger partial charge is 0.277 e. The minimum Gasteiger partial charge on any atom is -0.486 e. The van der Waals surface area contributed by atoms with Crippen LogP contribution in [-0.2, 0) is 13.0 Å². The Balaban J connectivity index is 1.07. The number of carbonyl (C=O) groups is 1. The van der Waals surface area contributed by atoms with E-state index in [4.69, 9.17) is 13.9 Å². The first kappa shape index (κ1) is 23.3. The average Bonchev–Trinajstić information content (AvgIpc) is 3.34. The monoisotopic (exact) mass is 478 g/mol. The molecule has 0 saturated carbocycles. The van der Waals surface area contributed by atoms with E-state index in [0.717, 1.165) is 31.7 Å². The first-order chi connectivity index (χ1) is 17.1. The predicted molar refractivity (Wildman–Crippen MR) is 130 cm³/mol. The van der Waals surface area contributed by atoms with Gasteiger partial charge in [0.1, 0.15) is 19.5 Å². The lowest BCUT2D eigenvalue weighted by Crippen LogP contribution is -2.48. The quantitative estimate of drug-likeness (QED) is 0.509. The number of hydrogen-bond donors (Lipinski definition) is 2. The van der Waals surface area contributed by atoms with Gasteiger partial charge in [-0.1, -0.05) is 30.3 Å². The van der Waals surface area contributed by atoms with Crippen LogP contribution in [-0.4, -0.2) is 77.8 Å². The van der Waals surface area contributed by atoms with Crippen molar-refractivity contribution in [2.24, 2.45) is 0 Å². The standard InChI is InChI=1S/C26H30N4O5/c31-21(14-19-4-2-1-3-5-19)16-29-8-10-30(11-9-29)17-25-28-22(18-35-25)26(32)27-20-6-7-23-24(15-20)34-13-12-33-23/h1-7,15,18,21,31H,8-14,16-17H2,(H,27,32). The third-order valence-corrected chi connectivity index (χ3v) is 6.19. The summed E-state index contributed by atoms with van der Waals surface area (Å²) in [5.41, 5.74) is 1.99. The summed E-state index contributed by atoms with van der Waals surface area (Å²) < 4.78 is 16.6. The summed E-state index contributed by atoms with van der Waals surface area (Å²) in [7, 11) is 0. The Morgan fingerprint density at radius 3 is 2.54 bits per heavy atom. The van der Waals surface area contributed by atoms with Gasteiger partial charge in [0.15, 0.2) is 17.2 Å². The number of nitrogens with one attached hydrogen (secondary N) is 1. The molecule has 9 nitrogen and oxygen atoms in total. The molecule has 0 radical (unpaired) electrons. The zero-order valence-electron chi connectivity index (χ0n) is 19.6. The molecule has 1 unspecified atom stereocenters. The van der Waals surface area contributed by atoms with Gasteiger partial charge in [0, 0.05) is 44.5 Å². The SMILES string of the molecule is O=C(Nc1ccc2c(c1)OCCO2)c1coc(CN2CCN(CC(O)Cc3ccccc3)CC2)n1. The number of amides is 1. The molecule has 9 heteroatoms. The van der Waals surface area contributed by atoms with Crippen molar-refractivity contribution in [3.05, 3.63) is 71.9 Å². The molecule has 1 atom stereocenters. The maximum atomic E-state index is 12.6. The van der Waals surface area contributed by atoms with Crippen molar-refractivity contribution in [2.45, 2.75) is 19.1 Å². The largest absolute Gasteiger partial charge is 0.486 e. The van der Waals surface area contributed by atoms with Crippen molar-refractivity contribution in [3.63, 3.8) is 0 Å². The molecule has 184 valence electrons. The third-order valence-electron chi connectivity index (χ3n) is 6.19. The molecule has 1 fully saturated rings. The van der Waals surface area contributed by atoms with Crippen LogP contribution in [0.15, 0.2) is 59.2 Å². The minimum atomic E-state index is -0.383. The summed E-state index contributed by atoms with van der Waals surface area (Å²) in [5, 5.41) is 13.3. The number of piperazine rings is 1. The number of hydrogen-bond acceptors (Lipinski definition) is 8. The molecule has 1 aromatic heterocycles. The molecule has 5 rings (SSSR count). The summed E-state index contributed by atoms with van der Waals surface area (Å²) >= 11 is 0. The van der Waals surface area contributed by atoms with E-state index in [0.29, 0.717) is 55.8 Å². The van der Waals surface area contributed by atoms with Crippen molar-refractivity contribution < 1.29 is 23.8 Å². The Hall–Kier alpha value is -3.40. The maximum Gasteiger partial charge on any atom is 0.277 e. The molecule has 3 aromatic rings. The number of anilines is 1. The van der Waals surface area contributed by atoms with Crippen LogP contribution < -0.4 is 14.8 Å². The second-order valence-electron chi connectivity index (χ2n) is 8.86. The highest BCUT2D eigenvalue weighted by Crippen LogP contribution is 2.32. The van der Waals surface area contributed by atoms with Crippen LogP contribution in [0.5, 0.6) is 11.5 Å². The molecular weight excluding hydrogens is 448 g/mol. The lowest BCUT2D eigenvalue weighted by atomic mass is 10.1. The number of aliphatic hydroxyl groups is 1. The van der Waals surface area contributed by atoms with E-state index < -0.39 is 0 Å². The van der Waals surface area contributed by atoms with Gasteiger partial charge in [-0.15, -0.1) is 0 Å². The first-order valence-electron chi connectivity index (χ1n) is 11.9. The Morgan fingerprint density at radius 2 is 1.74 bits per heavy atom. The molecule has 3 heterocycles. The molecule has 1 saturated heterocycles. The van der Waals surface area contributed by atoms with Gasteiger partial charge in [-0.25, -0.2) is 4.98 Å². The second-order valence-corrected chi connectivity index (χ2v) is 8.86. The van der Waals surface area contributed by atoms with Crippen molar-refractivity contribution in [3.8, 4) is 11.5 Å². The number of β-amino-alcohol motifs (C(OH)–C–C–N with tert-alkyl or cyclic N) is 1. The number of aromatic nitrogens is 1. The molecule has 2 aliphatic heterocycles. The van der Waals surface area contributed by atoms with Gasteiger partial charge >= 0.3 is 0 Å². The highest BCUT2D eigenvalue weighted by atomic mass is 16.6. The highest BCUT2D eigenvalue weighted by Gasteiger charge is 2.22. The maximum absolute atomic E-state index is 12.6. The van der Waals surface area contributed by atoms with Gasteiger partial charge in [0.25, 0.3) is 5.91 Å². The summed E-state index contributed by atoms with van der Waals surface area (Å²) in [6.45, 7) is 5.63. The van der Waals surface area contributed by atoms with Crippen LogP contribution >= 0.6 is 0 Å². The van der Waals surface area contributed by atoms with Crippen LogP contribution in [0.4, 0.5) is 5.69 Å². The van der Waals surface area contributed by atoms with E-state index in [2.05, 4.69) is 20.1 Å². The Morgan fingerprint density at radius 1 is 1.00 bits per heavy atom. The lowest BCUT2D eigenvalue weighted by molar-refractivity contribution is 0.0675. The lowest BCUT2D eigenvalue weighted by Gasteiger charge is -2.35. The van der Waals surface area contributed by atoms with Crippen molar-refractivity contribution in [2.75, 3.05) is 51.3 Å². The average molecular weight is 479 g/mol. The molecule has 0 bridgehead atoms. The van der Waals surface area contributed by atoms with Crippen LogP contribution in [0.2, 0.25) is 0 Å². The molecule has 2 aromatic carbocycles. The van der Waals surface area contributed by atoms with Crippen molar-refractivity contribution in [1.82, 2.24) is 14.8 Å². The fraction of sp³-hybridized carbons (Fsp3) is 0.385. The van der Waals surface area contributed by atoms with Gasteiger partial charge in [0.05, 0.1) is 12.6 Å². The number of aliphatic hydroxyl groups excluding tert-OH is 1. The van der Waals surface area contributed by atoms with E-state index >= 15 is 0 Å². The fourth-order valence-electron chi connectivity index (χ4n) is 4.37. The van der Waals surface area contributed by atoms with Crippen LogP contribution in [0.1, 0.15) is 21.9 Å². The van der Waals surface area contributed by atoms with Gasteiger partial charge in [-0.3, -0.25) is 14.6 Å². The van der Waals surface area contributed by atoms with E-state index in [-0.39, 0.29) is 17.7 Å². The number of benzene rings is 2. The van der Waals surface area contributed by atoms with E-state index in [1.165, 1.54) is 6.26 Å². The fourth-order valence-corrected chi connectivity index (χ4v) is 4.37. The number of nitrogens with zero attached hydrogens (tertiary/aromatic N) is 3. The molecule has 0 spiro atoms. The first-order valence-corrected chi connectivity index (χ1v) is 11.9. The van der Waals surface area contributed by atoms with Gasteiger partial charge in [-0.2, -0.15) is 0 Å². The number of fused-ring (bicyclic) bond motifs is 1. The number of carbonyl (C=O) groups excluding carboxylic acids is 1.